The van der Waals surface area contributed by atoms with E-state index in [0.29, 0.717) is 16.4 Å². The summed E-state index contributed by atoms with van der Waals surface area (Å²) in [5.74, 6) is -0.137. The summed E-state index contributed by atoms with van der Waals surface area (Å²) in [5, 5.41) is 3.39. The van der Waals surface area contributed by atoms with E-state index in [4.69, 9.17) is 11.6 Å². The van der Waals surface area contributed by atoms with E-state index in [1.807, 2.05) is 41.1 Å². The van der Waals surface area contributed by atoms with Gasteiger partial charge in [-0.3, -0.25) is 4.79 Å². The van der Waals surface area contributed by atoms with Gasteiger partial charge in [0.1, 0.15) is 5.69 Å². The molecule has 100 valence electrons. The average Bonchev–Trinajstić information content (AvgIpc) is 2.81. The highest BCUT2D eigenvalue weighted by atomic mass is 127. The number of carbonyl (C=O) groups excluding carboxylic acids is 1. The van der Waals surface area contributed by atoms with Gasteiger partial charge in [-0.15, -0.1) is 0 Å². The van der Waals surface area contributed by atoms with Crippen LogP contribution in [0.1, 0.15) is 23.8 Å². The number of carbonyl (C=O) groups is 1. The number of aromatic nitrogens is 1. The number of benzene rings is 1. The second-order valence-electron chi connectivity index (χ2n) is 4.17. The molecule has 0 saturated carbocycles. The lowest BCUT2D eigenvalue weighted by atomic mass is 10.3. The standard InChI is InChI=1S/C14H14ClIN2O/c1-2-7-18-8-3-4-13(18)14(19)17-12-6-5-10(16)9-11(12)15/h3-6,8-9H,2,7H2,1H3,(H,17,19). The highest BCUT2D eigenvalue weighted by Crippen LogP contribution is 2.24. The lowest BCUT2D eigenvalue weighted by Crippen LogP contribution is -2.17. The van der Waals surface area contributed by atoms with Gasteiger partial charge in [0.2, 0.25) is 0 Å². The molecule has 0 saturated heterocycles. The van der Waals surface area contributed by atoms with E-state index in [-0.39, 0.29) is 5.91 Å². The first-order chi connectivity index (χ1) is 9.11. The zero-order valence-electron chi connectivity index (χ0n) is 10.5. The fourth-order valence-corrected chi connectivity index (χ4v) is 2.74. The smallest absolute Gasteiger partial charge is 0.272 e. The first-order valence-corrected chi connectivity index (χ1v) is 7.49. The molecule has 1 heterocycles. The molecule has 0 radical (unpaired) electrons. The SMILES string of the molecule is CCCn1cccc1C(=O)Nc1ccc(I)cc1Cl. The first-order valence-electron chi connectivity index (χ1n) is 6.03. The van der Waals surface area contributed by atoms with Crippen molar-refractivity contribution in [3.8, 4) is 0 Å². The first kappa shape index (κ1) is 14.4. The molecule has 2 aromatic rings. The molecule has 1 N–H and O–H groups in total. The average molecular weight is 389 g/mol. The number of nitrogens with zero attached hydrogens (tertiary/aromatic N) is 1. The van der Waals surface area contributed by atoms with Crippen LogP contribution in [0.5, 0.6) is 0 Å². The van der Waals surface area contributed by atoms with Crippen LogP contribution in [-0.4, -0.2) is 10.5 Å². The lowest BCUT2D eigenvalue weighted by molar-refractivity contribution is 0.101. The monoisotopic (exact) mass is 388 g/mol. The van der Waals surface area contributed by atoms with Gasteiger partial charge in [-0.05, 0) is 59.3 Å². The van der Waals surface area contributed by atoms with Crippen molar-refractivity contribution in [2.75, 3.05) is 5.32 Å². The summed E-state index contributed by atoms with van der Waals surface area (Å²) in [7, 11) is 0. The molecule has 1 aromatic carbocycles. The summed E-state index contributed by atoms with van der Waals surface area (Å²) in [4.78, 5) is 12.2. The number of halogens is 2. The van der Waals surface area contributed by atoms with Gasteiger partial charge in [0, 0.05) is 16.3 Å². The molecular weight excluding hydrogens is 375 g/mol. The van der Waals surface area contributed by atoms with E-state index in [1.165, 1.54) is 0 Å². The van der Waals surface area contributed by atoms with Crippen LogP contribution in [0.3, 0.4) is 0 Å². The molecule has 2 rings (SSSR count). The predicted molar refractivity (Wildman–Crippen MR) is 86.8 cm³/mol. The maximum absolute atomic E-state index is 12.2. The number of hydrogen-bond acceptors (Lipinski definition) is 1. The van der Waals surface area contributed by atoms with Gasteiger partial charge in [0.25, 0.3) is 5.91 Å². The maximum Gasteiger partial charge on any atom is 0.272 e. The molecule has 5 heteroatoms. The van der Waals surface area contributed by atoms with Crippen LogP contribution in [0.15, 0.2) is 36.5 Å². The Morgan fingerprint density at radius 2 is 2.21 bits per heavy atom. The number of aryl methyl sites for hydroxylation is 1. The van der Waals surface area contributed by atoms with Crippen LogP contribution in [0.25, 0.3) is 0 Å². The maximum atomic E-state index is 12.2. The molecule has 0 bridgehead atoms. The van der Waals surface area contributed by atoms with Crippen LogP contribution in [0.4, 0.5) is 5.69 Å². The molecule has 0 aliphatic rings. The van der Waals surface area contributed by atoms with Crippen molar-refractivity contribution >= 4 is 45.8 Å². The number of nitrogens with one attached hydrogen (secondary N) is 1. The van der Waals surface area contributed by atoms with Crippen molar-refractivity contribution in [1.82, 2.24) is 4.57 Å². The summed E-state index contributed by atoms with van der Waals surface area (Å²) in [6.45, 7) is 2.91. The van der Waals surface area contributed by atoms with Gasteiger partial charge in [-0.2, -0.15) is 0 Å². The van der Waals surface area contributed by atoms with Crippen LogP contribution in [-0.2, 0) is 6.54 Å². The van der Waals surface area contributed by atoms with E-state index in [0.717, 1.165) is 16.5 Å². The van der Waals surface area contributed by atoms with Gasteiger partial charge >= 0.3 is 0 Å². The Morgan fingerprint density at radius 1 is 1.42 bits per heavy atom. The van der Waals surface area contributed by atoms with E-state index < -0.39 is 0 Å². The molecule has 1 aromatic heterocycles. The van der Waals surface area contributed by atoms with E-state index in [9.17, 15) is 4.79 Å². The molecule has 0 spiro atoms. The number of amides is 1. The van der Waals surface area contributed by atoms with Crippen molar-refractivity contribution < 1.29 is 4.79 Å². The van der Waals surface area contributed by atoms with Crippen LogP contribution < -0.4 is 5.32 Å². The minimum atomic E-state index is -0.137. The minimum Gasteiger partial charge on any atom is -0.344 e. The zero-order valence-corrected chi connectivity index (χ0v) is 13.4. The highest BCUT2D eigenvalue weighted by molar-refractivity contribution is 14.1. The summed E-state index contributed by atoms with van der Waals surface area (Å²) in [6, 6.07) is 9.23. The number of hydrogen-bond donors (Lipinski definition) is 1. The third kappa shape index (κ3) is 3.51. The molecule has 3 nitrogen and oxygen atoms in total. The largest absolute Gasteiger partial charge is 0.344 e. The summed E-state index contributed by atoms with van der Waals surface area (Å²) in [6.07, 6.45) is 2.90. The van der Waals surface area contributed by atoms with E-state index in [1.54, 1.807) is 0 Å². The molecular formula is C14H14ClIN2O. The van der Waals surface area contributed by atoms with Crippen LogP contribution >= 0.6 is 34.2 Å². The Bertz CT molecular complexity index is 595. The Labute approximate surface area is 131 Å². The van der Waals surface area contributed by atoms with Gasteiger partial charge < -0.3 is 9.88 Å². The summed E-state index contributed by atoms with van der Waals surface area (Å²) < 4.78 is 2.98. The Morgan fingerprint density at radius 3 is 2.89 bits per heavy atom. The fourth-order valence-electron chi connectivity index (χ4n) is 1.83. The second-order valence-corrected chi connectivity index (χ2v) is 5.82. The molecule has 0 atom stereocenters. The third-order valence-electron chi connectivity index (χ3n) is 2.71. The van der Waals surface area contributed by atoms with Crippen molar-refractivity contribution in [3.63, 3.8) is 0 Å². The molecule has 0 aliphatic heterocycles. The van der Waals surface area contributed by atoms with Gasteiger partial charge in [-0.1, -0.05) is 18.5 Å². The van der Waals surface area contributed by atoms with E-state index >= 15 is 0 Å². The molecule has 1 amide bonds. The Balaban J connectivity index is 2.18. The quantitative estimate of drug-likeness (QED) is 0.774. The van der Waals surface area contributed by atoms with Crippen molar-refractivity contribution in [3.05, 3.63) is 50.8 Å². The van der Waals surface area contributed by atoms with Crippen molar-refractivity contribution in [2.45, 2.75) is 19.9 Å². The van der Waals surface area contributed by atoms with Crippen LogP contribution in [0.2, 0.25) is 5.02 Å². The van der Waals surface area contributed by atoms with Gasteiger partial charge in [0.15, 0.2) is 0 Å². The Hall–Kier alpha value is -1.01. The third-order valence-corrected chi connectivity index (χ3v) is 3.69. The van der Waals surface area contributed by atoms with Gasteiger partial charge in [-0.25, -0.2) is 0 Å². The zero-order chi connectivity index (χ0) is 13.8. The fraction of sp³-hybridized carbons (Fsp3) is 0.214. The lowest BCUT2D eigenvalue weighted by Gasteiger charge is -2.10. The minimum absolute atomic E-state index is 0.137. The highest BCUT2D eigenvalue weighted by Gasteiger charge is 2.12. The van der Waals surface area contributed by atoms with Crippen molar-refractivity contribution in [1.29, 1.82) is 0 Å². The molecule has 0 aliphatic carbocycles. The molecule has 19 heavy (non-hydrogen) atoms. The van der Waals surface area contributed by atoms with Gasteiger partial charge in [0.05, 0.1) is 10.7 Å². The number of rotatable bonds is 4. The van der Waals surface area contributed by atoms with Crippen molar-refractivity contribution in [2.24, 2.45) is 0 Å². The second kappa shape index (κ2) is 6.43. The molecule has 0 unspecified atom stereocenters. The molecule has 0 fully saturated rings. The topological polar surface area (TPSA) is 34.0 Å². The summed E-state index contributed by atoms with van der Waals surface area (Å²) >= 11 is 8.29. The predicted octanol–water partition coefficient (Wildman–Crippen LogP) is 4.41. The summed E-state index contributed by atoms with van der Waals surface area (Å²) in [5.41, 5.74) is 1.28. The Kier molecular flexibility index (Phi) is 4.87. The normalized spacial score (nSPS) is 10.5. The number of anilines is 1. The van der Waals surface area contributed by atoms with Crippen LogP contribution in [0, 0.1) is 3.57 Å². The van der Waals surface area contributed by atoms with E-state index in [2.05, 4.69) is 34.8 Å².